The summed E-state index contributed by atoms with van der Waals surface area (Å²) in [6.07, 6.45) is 2.39. The molecule has 0 saturated heterocycles. The third-order valence-electron chi connectivity index (χ3n) is 2.46. The molecule has 0 atom stereocenters. The molecule has 0 aliphatic carbocycles. The molecule has 0 spiro atoms. The molecular weight excluding hydrogens is 266 g/mol. The average Bonchev–Trinajstić information content (AvgIpc) is 2.65. The highest BCUT2D eigenvalue weighted by atomic mass is 32.1. The minimum absolute atomic E-state index is 0.0810. The number of carboxylic acid groups (broad SMARTS) is 1. The standard InChI is InChI=1S/C11H19N5O2S/c1-15(2)6-4-5-12-11(19)14-8-7-13-16(3)9(8)10(17)18/h7H,4-6H2,1-3H3,(H,17,18)(H2,12,14,19). The highest BCUT2D eigenvalue weighted by Crippen LogP contribution is 2.13. The monoisotopic (exact) mass is 285 g/mol. The predicted octanol–water partition coefficient (Wildman–Crippen LogP) is 0.356. The SMILES string of the molecule is CN(C)CCCNC(=S)Nc1cnn(C)c1C(=O)O. The Morgan fingerprint density at radius 3 is 2.84 bits per heavy atom. The van der Waals surface area contributed by atoms with Crippen LogP contribution in [0.1, 0.15) is 16.9 Å². The van der Waals surface area contributed by atoms with Gasteiger partial charge in [-0.15, -0.1) is 0 Å². The number of aromatic carboxylic acids is 1. The zero-order chi connectivity index (χ0) is 14.4. The topological polar surface area (TPSA) is 82.4 Å². The Morgan fingerprint density at radius 1 is 1.58 bits per heavy atom. The van der Waals surface area contributed by atoms with Crippen LogP contribution in [0.15, 0.2) is 6.20 Å². The van der Waals surface area contributed by atoms with Crippen LogP contribution in [-0.4, -0.2) is 58.1 Å². The third kappa shape index (κ3) is 4.84. The van der Waals surface area contributed by atoms with Gasteiger partial charge in [-0.05, 0) is 39.3 Å². The third-order valence-corrected chi connectivity index (χ3v) is 2.70. The Labute approximate surface area is 117 Å². The van der Waals surface area contributed by atoms with E-state index in [9.17, 15) is 4.79 Å². The molecule has 1 heterocycles. The maximum Gasteiger partial charge on any atom is 0.356 e. The molecule has 0 aliphatic rings. The van der Waals surface area contributed by atoms with E-state index >= 15 is 0 Å². The van der Waals surface area contributed by atoms with Crippen LogP contribution in [0.25, 0.3) is 0 Å². The van der Waals surface area contributed by atoms with Crippen LogP contribution in [0, 0.1) is 0 Å². The first kappa shape index (κ1) is 15.4. The van der Waals surface area contributed by atoms with Crippen LogP contribution in [-0.2, 0) is 7.05 Å². The highest BCUT2D eigenvalue weighted by Gasteiger charge is 2.16. The second-order valence-corrected chi connectivity index (χ2v) is 4.78. The Kier molecular flexibility index (Phi) is 5.71. The second kappa shape index (κ2) is 7.05. The molecule has 1 aromatic rings. The molecular formula is C11H19N5O2S. The summed E-state index contributed by atoms with van der Waals surface area (Å²) in [6, 6.07) is 0. The highest BCUT2D eigenvalue weighted by molar-refractivity contribution is 7.80. The number of hydrogen-bond acceptors (Lipinski definition) is 4. The zero-order valence-corrected chi connectivity index (χ0v) is 12.1. The lowest BCUT2D eigenvalue weighted by Gasteiger charge is -2.12. The van der Waals surface area contributed by atoms with E-state index in [1.54, 1.807) is 7.05 Å². The van der Waals surface area contributed by atoms with Crippen LogP contribution < -0.4 is 10.6 Å². The minimum atomic E-state index is -1.04. The number of thiocarbonyl (C=S) groups is 1. The van der Waals surface area contributed by atoms with Crippen LogP contribution in [0.4, 0.5) is 5.69 Å². The van der Waals surface area contributed by atoms with Gasteiger partial charge >= 0.3 is 5.97 Å². The number of hydrogen-bond donors (Lipinski definition) is 3. The molecule has 19 heavy (non-hydrogen) atoms. The van der Waals surface area contributed by atoms with Crippen molar-refractivity contribution in [2.24, 2.45) is 7.05 Å². The Bertz CT molecular complexity index is 458. The van der Waals surface area contributed by atoms with Crippen molar-refractivity contribution >= 4 is 29.0 Å². The summed E-state index contributed by atoms with van der Waals surface area (Å²) >= 11 is 5.10. The van der Waals surface area contributed by atoms with Crippen LogP contribution in [0.5, 0.6) is 0 Å². The van der Waals surface area contributed by atoms with Gasteiger partial charge in [-0.25, -0.2) is 4.79 Å². The van der Waals surface area contributed by atoms with Crippen molar-refractivity contribution in [1.82, 2.24) is 20.0 Å². The summed E-state index contributed by atoms with van der Waals surface area (Å²) in [6.45, 7) is 1.69. The maximum absolute atomic E-state index is 11.1. The van der Waals surface area contributed by atoms with E-state index in [-0.39, 0.29) is 5.69 Å². The summed E-state index contributed by atoms with van der Waals surface area (Å²) in [4.78, 5) is 13.1. The smallest absolute Gasteiger partial charge is 0.356 e. The molecule has 0 unspecified atom stereocenters. The minimum Gasteiger partial charge on any atom is -0.476 e. The Hall–Kier alpha value is -1.67. The van der Waals surface area contributed by atoms with Crippen molar-refractivity contribution in [1.29, 1.82) is 0 Å². The number of rotatable bonds is 6. The molecule has 0 radical (unpaired) electrons. The number of carboxylic acids is 1. The first-order chi connectivity index (χ1) is 8.91. The van der Waals surface area contributed by atoms with Gasteiger partial charge in [0, 0.05) is 13.6 Å². The summed E-state index contributed by atoms with van der Waals surface area (Å²) in [5.41, 5.74) is 0.470. The first-order valence-corrected chi connectivity index (χ1v) is 6.27. The number of aryl methyl sites for hydroxylation is 1. The van der Waals surface area contributed by atoms with Crippen LogP contribution >= 0.6 is 12.2 Å². The lowest BCUT2D eigenvalue weighted by molar-refractivity contribution is 0.0686. The van der Waals surface area contributed by atoms with Crippen molar-refractivity contribution < 1.29 is 9.90 Å². The quantitative estimate of drug-likeness (QED) is 0.514. The van der Waals surface area contributed by atoms with E-state index in [0.717, 1.165) is 19.5 Å². The fourth-order valence-corrected chi connectivity index (χ4v) is 1.76. The molecule has 8 heteroatoms. The lowest BCUT2D eigenvalue weighted by atomic mass is 10.3. The van der Waals surface area contributed by atoms with E-state index < -0.39 is 5.97 Å². The van der Waals surface area contributed by atoms with Crippen molar-refractivity contribution in [2.45, 2.75) is 6.42 Å². The zero-order valence-electron chi connectivity index (χ0n) is 11.3. The van der Waals surface area contributed by atoms with Crippen LogP contribution in [0.3, 0.4) is 0 Å². The van der Waals surface area contributed by atoms with Crippen molar-refractivity contribution in [3.8, 4) is 0 Å². The van der Waals surface area contributed by atoms with Crippen molar-refractivity contribution in [3.05, 3.63) is 11.9 Å². The molecule has 1 rings (SSSR count). The van der Waals surface area contributed by atoms with Crippen molar-refractivity contribution in [3.63, 3.8) is 0 Å². The number of nitrogens with one attached hydrogen (secondary N) is 2. The van der Waals surface area contributed by atoms with Gasteiger partial charge in [0.25, 0.3) is 0 Å². The summed E-state index contributed by atoms with van der Waals surface area (Å²) < 4.78 is 1.29. The number of aromatic nitrogens is 2. The van der Waals surface area contributed by atoms with Crippen molar-refractivity contribution in [2.75, 3.05) is 32.5 Å². The van der Waals surface area contributed by atoms with Gasteiger partial charge in [-0.1, -0.05) is 0 Å². The molecule has 1 aromatic heterocycles. The van der Waals surface area contributed by atoms with Gasteiger partial charge in [0.2, 0.25) is 0 Å². The van der Waals surface area contributed by atoms with Gasteiger partial charge in [-0.3, -0.25) is 4.68 Å². The van der Waals surface area contributed by atoms with E-state index in [4.69, 9.17) is 17.3 Å². The predicted molar refractivity (Wildman–Crippen MR) is 77.6 cm³/mol. The molecule has 7 nitrogen and oxygen atoms in total. The molecule has 0 fully saturated rings. The first-order valence-electron chi connectivity index (χ1n) is 5.86. The van der Waals surface area contributed by atoms with E-state index in [2.05, 4.69) is 20.6 Å². The molecule has 0 bridgehead atoms. The average molecular weight is 285 g/mol. The molecule has 0 saturated carbocycles. The molecule has 0 aliphatic heterocycles. The van der Waals surface area contributed by atoms with E-state index in [1.807, 2.05) is 14.1 Å². The molecule has 0 amide bonds. The Morgan fingerprint density at radius 2 is 2.26 bits per heavy atom. The van der Waals surface area contributed by atoms with E-state index in [0.29, 0.717) is 10.8 Å². The summed E-state index contributed by atoms with van der Waals surface area (Å²) in [5.74, 6) is -1.04. The lowest BCUT2D eigenvalue weighted by Crippen LogP contribution is -2.31. The van der Waals surface area contributed by atoms with Gasteiger partial charge in [0.15, 0.2) is 10.8 Å². The number of nitrogens with zero attached hydrogens (tertiary/aromatic N) is 3. The maximum atomic E-state index is 11.1. The van der Waals surface area contributed by atoms with E-state index in [1.165, 1.54) is 10.9 Å². The molecule has 0 aromatic carbocycles. The normalized spacial score (nSPS) is 10.5. The summed E-state index contributed by atoms with van der Waals surface area (Å²) in [5, 5.41) is 19.2. The van der Waals surface area contributed by atoms with Gasteiger partial charge < -0.3 is 20.6 Å². The van der Waals surface area contributed by atoms with Gasteiger partial charge in [-0.2, -0.15) is 5.10 Å². The number of carbonyl (C=O) groups is 1. The Balaban J connectivity index is 2.47. The second-order valence-electron chi connectivity index (χ2n) is 4.37. The number of anilines is 1. The van der Waals surface area contributed by atoms with Gasteiger partial charge in [0.1, 0.15) is 0 Å². The van der Waals surface area contributed by atoms with Crippen LogP contribution in [0.2, 0.25) is 0 Å². The largest absolute Gasteiger partial charge is 0.476 e. The molecule has 106 valence electrons. The van der Waals surface area contributed by atoms with Gasteiger partial charge in [0.05, 0.1) is 11.9 Å². The molecule has 3 N–H and O–H groups in total. The fraction of sp³-hybridized carbons (Fsp3) is 0.545. The summed E-state index contributed by atoms with van der Waals surface area (Å²) in [7, 11) is 5.58. The fourth-order valence-electron chi connectivity index (χ4n) is 1.55.